The highest BCUT2D eigenvalue weighted by molar-refractivity contribution is 5.57. The van der Waals surface area contributed by atoms with E-state index in [0.717, 1.165) is 23.5 Å². The molecule has 94 valence electrons. The molecule has 0 aromatic carbocycles. The zero-order chi connectivity index (χ0) is 13.0. The maximum atomic E-state index is 5.46. The maximum Gasteiger partial charge on any atom is 0.219 e. The molecule has 6 nitrogen and oxygen atoms in total. The predicted octanol–water partition coefficient (Wildman–Crippen LogP) is 0.839. The van der Waals surface area contributed by atoms with Crippen LogP contribution in [0, 0.1) is 0 Å². The van der Waals surface area contributed by atoms with Gasteiger partial charge in [0, 0.05) is 36.1 Å². The van der Waals surface area contributed by atoms with Crippen molar-refractivity contribution in [3.05, 3.63) is 30.5 Å². The Balaban J connectivity index is 2.29. The topological polar surface area (TPSA) is 89.6 Å². The van der Waals surface area contributed by atoms with Crippen molar-refractivity contribution in [2.24, 2.45) is 0 Å². The number of likely N-dealkylation sites (N-methyl/N-ethyl adjacent to an activating group) is 1. The third kappa shape index (κ3) is 2.78. The first-order valence-electron chi connectivity index (χ1n) is 5.75. The fourth-order valence-electron chi connectivity index (χ4n) is 1.68. The van der Waals surface area contributed by atoms with Gasteiger partial charge in [0.05, 0.1) is 5.69 Å². The van der Waals surface area contributed by atoms with Crippen molar-refractivity contribution in [1.29, 1.82) is 0 Å². The van der Waals surface area contributed by atoms with E-state index in [0.29, 0.717) is 5.92 Å². The summed E-state index contributed by atoms with van der Waals surface area (Å²) in [6.07, 6.45) is 4.89. The molecule has 0 bridgehead atoms. The molecule has 0 aliphatic rings. The lowest BCUT2D eigenvalue weighted by Gasteiger charge is -2.10. The lowest BCUT2D eigenvalue weighted by molar-refractivity contribution is 0.659. The highest BCUT2D eigenvalue weighted by atomic mass is 15.0. The molecular weight excluding hydrogens is 228 g/mol. The van der Waals surface area contributed by atoms with E-state index in [-0.39, 0.29) is 5.95 Å². The van der Waals surface area contributed by atoms with Crippen LogP contribution in [-0.4, -0.2) is 33.5 Å². The zero-order valence-corrected chi connectivity index (χ0v) is 10.5. The number of nitrogens with zero attached hydrogens (tertiary/aromatic N) is 4. The average molecular weight is 244 g/mol. The largest absolute Gasteiger partial charge is 0.368 e. The predicted molar refractivity (Wildman–Crippen MR) is 69.8 cm³/mol. The van der Waals surface area contributed by atoms with E-state index in [2.05, 4.69) is 32.2 Å². The minimum atomic E-state index is 0.261. The van der Waals surface area contributed by atoms with Crippen LogP contribution in [0.5, 0.6) is 0 Å². The summed E-state index contributed by atoms with van der Waals surface area (Å²) in [5.74, 6) is 0.586. The third-order valence-corrected chi connectivity index (χ3v) is 2.67. The Morgan fingerprint density at radius 1 is 1.22 bits per heavy atom. The smallest absolute Gasteiger partial charge is 0.219 e. The van der Waals surface area contributed by atoms with Crippen molar-refractivity contribution >= 4 is 5.95 Å². The first-order chi connectivity index (χ1) is 8.70. The van der Waals surface area contributed by atoms with E-state index in [4.69, 9.17) is 5.73 Å². The summed E-state index contributed by atoms with van der Waals surface area (Å²) in [6.45, 7) is 2.98. The Kier molecular flexibility index (Phi) is 3.78. The van der Waals surface area contributed by atoms with Gasteiger partial charge in [-0.3, -0.25) is 0 Å². The number of anilines is 1. The third-order valence-electron chi connectivity index (χ3n) is 2.67. The van der Waals surface area contributed by atoms with Gasteiger partial charge in [0.2, 0.25) is 5.95 Å². The standard InChI is InChI=1S/C12H16N6/c1-8(4-14-2)10-3-11(18-7-17-10)9-5-15-12(13)16-6-9/h3,5-8,14H,4H2,1-2H3,(H2,13,15,16). The molecule has 6 heteroatoms. The molecule has 2 aromatic heterocycles. The molecule has 0 spiro atoms. The van der Waals surface area contributed by atoms with Crippen LogP contribution in [-0.2, 0) is 0 Å². The quantitative estimate of drug-likeness (QED) is 0.828. The van der Waals surface area contributed by atoms with E-state index >= 15 is 0 Å². The molecule has 0 amide bonds. The Morgan fingerprint density at radius 3 is 2.61 bits per heavy atom. The van der Waals surface area contributed by atoms with E-state index in [1.54, 1.807) is 18.7 Å². The Labute approximate surface area is 106 Å². The molecule has 2 aromatic rings. The molecule has 0 aliphatic carbocycles. The van der Waals surface area contributed by atoms with Gasteiger partial charge in [-0.2, -0.15) is 0 Å². The summed E-state index contributed by atoms with van der Waals surface area (Å²) < 4.78 is 0. The van der Waals surface area contributed by atoms with Crippen molar-refractivity contribution in [3.8, 4) is 11.3 Å². The van der Waals surface area contributed by atoms with Gasteiger partial charge < -0.3 is 11.1 Å². The molecule has 18 heavy (non-hydrogen) atoms. The van der Waals surface area contributed by atoms with Gasteiger partial charge in [-0.25, -0.2) is 19.9 Å². The number of hydrogen-bond acceptors (Lipinski definition) is 6. The first-order valence-corrected chi connectivity index (χ1v) is 5.75. The van der Waals surface area contributed by atoms with Gasteiger partial charge in [-0.1, -0.05) is 6.92 Å². The number of aromatic nitrogens is 4. The molecule has 1 unspecified atom stereocenters. The summed E-state index contributed by atoms with van der Waals surface area (Å²) in [6, 6.07) is 1.96. The van der Waals surface area contributed by atoms with Gasteiger partial charge in [-0.15, -0.1) is 0 Å². The van der Waals surface area contributed by atoms with Crippen LogP contribution < -0.4 is 11.1 Å². The molecule has 0 fully saturated rings. The molecule has 2 rings (SSSR count). The van der Waals surface area contributed by atoms with Gasteiger partial charge in [0.1, 0.15) is 6.33 Å². The number of rotatable bonds is 4. The first kappa shape index (κ1) is 12.4. The molecule has 3 N–H and O–H groups in total. The summed E-state index contributed by atoms with van der Waals surface area (Å²) >= 11 is 0. The highest BCUT2D eigenvalue weighted by Crippen LogP contribution is 2.19. The zero-order valence-electron chi connectivity index (χ0n) is 10.5. The molecule has 2 heterocycles. The monoisotopic (exact) mass is 244 g/mol. The van der Waals surface area contributed by atoms with Gasteiger partial charge in [-0.05, 0) is 13.1 Å². The van der Waals surface area contributed by atoms with Crippen LogP contribution >= 0.6 is 0 Å². The van der Waals surface area contributed by atoms with Crippen LogP contribution in [0.15, 0.2) is 24.8 Å². The lowest BCUT2D eigenvalue weighted by Crippen LogP contribution is -2.15. The van der Waals surface area contributed by atoms with E-state index in [1.165, 1.54) is 0 Å². The van der Waals surface area contributed by atoms with Crippen molar-refractivity contribution in [1.82, 2.24) is 25.3 Å². The van der Waals surface area contributed by atoms with Crippen LogP contribution in [0.4, 0.5) is 5.95 Å². The molecule has 0 aliphatic heterocycles. The average Bonchev–Trinajstić information content (AvgIpc) is 2.40. The van der Waals surface area contributed by atoms with Crippen LogP contribution in [0.3, 0.4) is 0 Å². The van der Waals surface area contributed by atoms with E-state index < -0.39 is 0 Å². The summed E-state index contributed by atoms with van der Waals surface area (Å²) in [7, 11) is 1.92. The Morgan fingerprint density at radius 2 is 1.94 bits per heavy atom. The van der Waals surface area contributed by atoms with Crippen LogP contribution in [0.25, 0.3) is 11.3 Å². The second kappa shape index (κ2) is 5.50. The summed E-state index contributed by atoms with van der Waals surface area (Å²) in [5, 5.41) is 3.13. The van der Waals surface area contributed by atoms with Gasteiger partial charge in [0.25, 0.3) is 0 Å². The van der Waals surface area contributed by atoms with Gasteiger partial charge >= 0.3 is 0 Å². The van der Waals surface area contributed by atoms with Crippen LogP contribution in [0.1, 0.15) is 18.5 Å². The molecule has 0 saturated heterocycles. The number of nitrogens with one attached hydrogen (secondary N) is 1. The molecule has 0 radical (unpaired) electrons. The Hall–Kier alpha value is -2.08. The van der Waals surface area contributed by atoms with E-state index in [1.807, 2.05) is 13.1 Å². The van der Waals surface area contributed by atoms with Gasteiger partial charge in [0.15, 0.2) is 0 Å². The second-order valence-corrected chi connectivity index (χ2v) is 4.12. The lowest BCUT2D eigenvalue weighted by atomic mass is 10.1. The van der Waals surface area contributed by atoms with Crippen LogP contribution in [0.2, 0.25) is 0 Å². The SMILES string of the molecule is CNCC(C)c1cc(-c2cnc(N)nc2)ncn1. The molecular formula is C12H16N6. The highest BCUT2D eigenvalue weighted by Gasteiger charge is 2.08. The number of nitrogen functional groups attached to an aromatic ring is 1. The number of nitrogens with two attached hydrogens (primary N) is 1. The normalized spacial score (nSPS) is 12.3. The second-order valence-electron chi connectivity index (χ2n) is 4.12. The number of hydrogen-bond donors (Lipinski definition) is 2. The fourth-order valence-corrected chi connectivity index (χ4v) is 1.68. The minimum Gasteiger partial charge on any atom is -0.368 e. The van der Waals surface area contributed by atoms with Crippen molar-refractivity contribution < 1.29 is 0 Å². The van der Waals surface area contributed by atoms with Crippen molar-refractivity contribution in [3.63, 3.8) is 0 Å². The minimum absolute atomic E-state index is 0.261. The Bertz CT molecular complexity index is 510. The summed E-state index contributed by atoms with van der Waals surface area (Å²) in [5.41, 5.74) is 8.10. The van der Waals surface area contributed by atoms with Crippen molar-refractivity contribution in [2.45, 2.75) is 12.8 Å². The molecule has 1 atom stereocenters. The molecule has 0 saturated carbocycles. The van der Waals surface area contributed by atoms with E-state index in [9.17, 15) is 0 Å². The van der Waals surface area contributed by atoms with Crippen molar-refractivity contribution in [2.75, 3.05) is 19.3 Å². The fraction of sp³-hybridized carbons (Fsp3) is 0.333. The summed E-state index contributed by atoms with van der Waals surface area (Å²) in [4.78, 5) is 16.4. The maximum absolute atomic E-state index is 5.46.